The number of aromatic nitrogens is 4. The summed E-state index contributed by atoms with van der Waals surface area (Å²) in [7, 11) is 0. The van der Waals surface area contributed by atoms with E-state index < -0.39 is 17.2 Å². The molecule has 3 aromatic rings. The van der Waals surface area contributed by atoms with Gasteiger partial charge in [0.05, 0.1) is 18.0 Å². The van der Waals surface area contributed by atoms with Crippen molar-refractivity contribution < 1.29 is 14.4 Å². The summed E-state index contributed by atoms with van der Waals surface area (Å²) >= 11 is 0. The fourth-order valence-electron chi connectivity index (χ4n) is 5.75. The Balaban J connectivity index is 1.48. The van der Waals surface area contributed by atoms with E-state index >= 15 is 0 Å². The van der Waals surface area contributed by atoms with Crippen LogP contribution in [0.25, 0.3) is 0 Å². The van der Waals surface area contributed by atoms with Crippen molar-refractivity contribution in [2.24, 2.45) is 17.4 Å². The summed E-state index contributed by atoms with van der Waals surface area (Å²) in [6.07, 6.45) is 2.09. The molecular formula is C27H29N9O3. The van der Waals surface area contributed by atoms with Gasteiger partial charge in [0.2, 0.25) is 17.7 Å². The molecule has 0 spiro atoms. The van der Waals surface area contributed by atoms with Crippen LogP contribution in [-0.2, 0) is 10.2 Å². The highest BCUT2D eigenvalue weighted by molar-refractivity contribution is 5.93. The number of H-pyrrole nitrogens is 1. The van der Waals surface area contributed by atoms with E-state index in [1.807, 2.05) is 6.92 Å². The van der Waals surface area contributed by atoms with Crippen LogP contribution >= 0.6 is 0 Å². The third-order valence-corrected chi connectivity index (χ3v) is 7.81. The number of aromatic amines is 1. The number of primary amides is 2. The molecule has 2 aliphatic rings. The highest BCUT2D eigenvalue weighted by Crippen LogP contribution is 2.47. The maximum atomic E-state index is 13.1. The first-order valence-electron chi connectivity index (χ1n) is 12.7. The second-order valence-electron chi connectivity index (χ2n) is 10.3. The van der Waals surface area contributed by atoms with Gasteiger partial charge in [0.25, 0.3) is 0 Å². The van der Waals surface area contributed by atoms with Gasteiger partial charge in [0.1, 0.15) is 6.04 Å². The lowest BCUT2D eigenvalue weighted by atomic mass is 9.69. The number of nitrogens with two attached hydrogens (primary N) is 2. The zero-order chi connectivity index (χ0) is 27.7. The van der Waals surface area contributed by atoms with E-state index in [1.54, 1.807) is 53.4 Å². The Hall–Kier alpha value is -4.63. The van der Waals surface area contributed by atoms with E-state index in [0.29, 0.717) is 29.3 Å². The third-order valence-electron chi connectivity index (χ3n) is 7.81. The van der Waals surface area contributed by atoms with E-state index in [2.05, 4.69) is 32.0 Å². The number of nitrogens with one attached hydrogen (secondary N) is 2. The minimum absolute atomic E-state index is 0.0755. The van der Waals surface area contributed by atoms with Crippen molar-refractivity contribution in [1.29, 1.82) is 5.26 Å². The Kier molecular flexibility index (Phi) is 6.84. The lowest BCUT2D eigenvalue weighted by Crippen LogP contribution is -2.46. The average molecular weight is 528 g/mol. The molecule has 2 aromatic carbocycles. The van der Waals surface area contributed by atoms with Gasteiger partial charge in [-0.2, -0.15) is 10.5 Å². The van der Waals surface area contributed by atoms with Crippen LogP contribution in [0.1, 0.15) is 63.9 Å². The standard InChI is InChI=1S/C27H29N9O3/c1-15(31-14-23(37)36-21(13-28)10-18-11-22(18)36)12-27(26-32-34-35-33-26,19-6-2-16(3-7-19)24(29)38)20-8-4-17(5-9-20)25(30)39/h2-9,15,18,21-22,31H,10-12,14H2,1H3,(H2,29,38)(H2,30,39)(H,32,33,34,35)/t15-,18+,21-,22-/m0/s1. The van der Waals surface area contributed by atoms with Crippen LogP contribution in [0.5, 0.6) is 0 Å². The number of hydrogen-bond acceptors (Lipinski definition) is 8. The predicted molar refractivity (Wildman–Crippen MR) is 139 cm³/mol. The van der Waals surface area contributed by atoms with Gasteiger partial charge in [0.15, 0.2) is 5.82 Å². The van der Waals surface area contributed by atoms with Crippen LogP contribution in [0, 0.1) is 17.2 Å². The summed E-state index contributed by atoms with van der Waals surface area (Å²) in [5, 5.41) is 27.8. The van der Waals surface area contributed by atoms with E-state index in [-0.39, 0.29) is 30.6 Å². The molecule has 3 amide bonds. The van der Waals surface area contributed by atoms with Crippen molar-refractivity contribution in [3.63, 3.8) is 0 Å². The van der Waals surface area contributed by atoms with Crippen molar-refractivity contribution in [1.82, 2.24) is 30.8 Å². The monoisotopic (exact) mass is 527 g/mol. The number of tetrazole rings is 1. The molecule has 1 aliphatic carbocycles. The first kappa shape index (κ1) is 26.0. The SMILES string of the molecule is C[C@@H](CC(c1ccc(C(N)=O)cc1)(c1ccc(C(N)=O)cc1)c1nn[nH]n1)NCC(=O)N1[C@H](C#N)C[C@@H]2C[C@@H]21. The molecule has 1 saturated heterocycles. The van der Waals surface area contributed by atoms with Gasteiger partial charge in [-0.15, -0.1) is 10.2 Å². The zero-order valence-electron chi connectivity index (χ0n) is 21.4. The molecule has 200 valence electrons. The number of rotatable bonds is 10. The summed E-state index contributed by atoms with van der Waals surface area (Å²) in [5.41, 5.74) is 12.1. The Bertz CT molecular complexity index is 1360. The van der Waals surface area contributed by atoms with Gasteiger partial charge in [-0.1, -0.05) is 29.5 Å². The number of likely N-dealkylation sites (tertiary alicyclic amines) is 1. The van der Waals surface area contributed by atoms with Gasteiger partial charge in [0, 0.05) is 23.2 Å². The molecule has 0 radical (unpaired) electrons. The van der Waals surface area contributed by atoms with Gasteiger partial charge in [-0.25, -0.2) is 0 Å². The minimum atomic E-state index is -0.987. The quantitative estimate of drug-likeness (QED) is 0.294. The van der Waals surface area contributed by atoms with Crippen molar-refractivity contribution in [2.45, 2.75) is 49.7 Å². The number of nitriles is 1. The third kappa shape index (κ3) is 4.84. The van der Waals surface area contributed by atoms with E-state index in [9.17, 15) is 19.6 Å². The van der Waals surface area contributed by atoms with Crippen LogP contribution in [-0.4, -0.2) is 67.9 Å². The molecule has 12 nitrogen and oxygen atoms in total. The largest absolute Gasteiger partial charge is 0.366 e. The van der Waals surface area contributed by atoms with Crippen molar-refractivity contribution in [2.75, 3.05) is 6.54 Å². The molecule has 1 aliphatic heterocycles. The summed E-state index contributed by atoms with van der Waals surface area (Å²) in [6, 6.07) is 15.5. The maximum absolute atomic E-state index is 13.1. The highest BCUT2D eigenvalue weighted by atomic mass is 16.2. The Morgan fingerprint density at radius 2 is 1.67 bits per heavy atom. The maximum Gasteiger partial charge on any atom is 0.248 e. The fraction of sp³-hybridized carbons (Fsp3) is 0.370. The van der Waals surface area contributed by atoms with E-state index in [4.69, 9.17) is 11.5 Å². The average Bonchev–Trinajstić information content (AvgIpc) is 3.31. The summed E-state index contributed by atoms with van der Waals surface area (Å²) in [6.45, 7) is 2.02. The normalized spacial score (nSPS) is 20.6. The van der Waals surface area contributed by atoms with Crippen LogP contribution in [0.15, 0.2) is 48.5 Å². The highest BCUT2D eigenvalue weighted by Gasteiger charge is 2.54. The topological polar surface area (TPSA) is 197 Å². The molecule has 4 atom stereocenters. The van der Waals surface area contributed by atoms with Crippen LogP contribution in [0.2, 0.25) is 0 Å². The lowest BCUT2D eigenvalue weighted by Gasteiger charge is -2.35. The Labute approximate surface area is 224 Å². The Morgan fingerprint density at radius 1 is 1.08 bits per heavy atom. The van der Waals surface area contributed by atoms with Crippen molar-refractivity contribution >= 4 is 17.7 Å². The number of amides is 3. The first-order chi connectivity index (χ1) is 18.7. The lowest BCUT2D eigenvalue weighted by molar-refractivity contribution is -0.131. The molecule has 12 heteroatoms. The van der Waals surface area contributed by atoms with E-state index in [0.717, 1.165) is 24.0 Å². The van der Waals surface area contributed by atoms with Crippen LogP contribution in [0.4, 0.5) is 0 Å². The molecule has 39 heavy (non-hydrogen) atoms. The smallest absolute Gasteiger partial charge is 0.248 e. The summed E-state index contributed by atoms with van der Waals surface area (Å²) < 4.78 is 0. The number of piperidine rings is 1. The number of nitrogens with zero attached hydrogens (tertiary/aromatic N) is 5. The van der Waals surface area contributed by atoms with Gasteiger partial charge in [-0.05, 0) is 67.5 Å². The molecule has 5 rings (SSSR count). The van der Waals surface area contributed by atoms with Crippen LogP contribution in [0.3, 0.4) is 0 Å². The molecule has 1 saturated carbocycles. The molecule has 6 N–H and O–H groups in total. The second kappa shape index (κ2) is 10.3. The van der Waals surface area contributed by atoms with Gasteiger partial charge in [-0.3, -0.25) is 14.4 Å². The number of hydrogen-bond donors (Lipinski definition) is 4. The zero-order valence-corrected chi connectivity index (χ0v) is 21.4. The number of carbonyl (C=O) groups is 3. The fourth-order valence-corrected chi connectivity index (χ4v) is 5.75. The summed E-state index contributed by atoms with van der Waals surface area (Å²) in [5.74, 6) is -0.400. The van der Waals surface area contributed by atoms with Gasteiger partial charge >= 0.3 is 0 Å². The molecule has 2 heterocycles. The minimum Gasteiger partial charge on any atom is -0.366 e. The van der Waals surface area contributed by atoms with Crippen molar-refractivity contribution in [3.05, 3.63) is 76.6 Å². The van der Waals surface area contributed by atoms with E-state index in [1.165, 1.54) is 0 Å². The first-order valence-corrected chi connectivity index (χ1v) is 12.7. The molecule has 0 bridgehead atoms. The molecule has 1 aromatic heterocycles. The van der Waals surface area contributed by atoms with Crippen LogP contribution < -0.4 is 16.8 Å². The number of fused-ring (bicyclic) bond motifs is 1. The second-order valence-corrected chi connectivity index (χ2v) is 10.3. The molecule has 0 unspecified atom stereocenters. The molecule has 2 fully saturated rings. The summed E-state index contributed by atoms with van der Waals surface area (Å²) in [4.78, 5) is 38.3. The predicted octanol–water partition coefficient (Wildman–Crippen LogP) is 0.613. The number of benzene rings is 2. The number of carbonyl (C=O) groups excluding carboxylic acids is 3. The Morgan fingerprint density at radius 3 is 2.15 bits per heavy atom. The van der Waals surface area contributed by atoms with Gasteiger partial charge < -0.3 is 21.7 Å². The van der Waals surface area contributed by atoms with Crippen molar-refractivity contribution in [3.8, 4) is 6.07 Å². The molecular weight excluding hydrogens is 498 g/mol.